The van der Waals surface area contributed by atoms with E-state index in [1.54, 1.807) is 30.3 Å². The second kappa shape index (κ2) is 6.75. The summed E-state index contributed by atoms with van der Waals surface area (Å²) in [5, 5.41) is 2.13. The van der Waals surface area contributed by atoms with Crippen LogP contribution in [0.4, 0.5) is 0 Å². The minimum atomic E-state index is -4.18. The number of imide groups is 1. The van der Waals surface area contributed by atoms with E-state index in [0.29, 0.717) is 5.56 Å². The van der Waals surface area contributed by atoms with Crippen molar-refractivity contribution in [1.82, 2.24) is 9.62 Å². The lowest BCUT2D eigenvalue weighted by molar-refractivity contribution is -0.154. The summed E-state index contributed by atoms with van der Waals surface area (Å²) in [6.45, 7) is -0.210. The van der Waals surface area contributed by atoms with Crippen molar-refractivity contribution in [1.29, 1.82) is 0 Å². The fraction of sp³-hybridized carbons (Fsp3) is 0.211. The standard InChI is InChI=1S/C19H15BrN2O6S/c1-28-17(24)15-16(23)21-18(25)19(15)13-4-2-3-5-14(13)29(26,27)22(19)10-11-6-8-12(20)9-7-11/h2-9,15H,10H2,1H3,(H,21,23,25). The number of halogens is 1. The number of benzene rings is 2. The molecule has 2 atom stereocenters. The Bertz CT molecular complexity index is 1150. The van der Waals surface area contributed by atoms with E-state index in [1.807, 2.05) is 0 Å². The Morgan fingerprint density at radius 1 is 1.17 bits per heavy atom. The molecular formula is C19H15BrN2O6S. The van der Waals surface area contributed by atoms with E-state index in [1.165, 1.54) is 18.2 Å². The van der Waals surface area contributed by atoms with Gasteiger partial charge in [-0.2, -0.15) is 4.31 Å². The fourth-order valence-electron chi connectivity index (χ4n) is 3.95. The monoisotopic (exact) mass is 478 g/mol. The first-order valence-electron chi connectivity index (χ1n) is 8.54. The quantitative estimate of drug-likeness (QED) is 0.404. The van der Waals surface area contributed by atoms with Crippen LogP contribution in [0.3, 0.4) is 0 Å². The molecule has 1 spiro atoms. The van der Waals surface area contributed by atoms with Crippen molar-refractivity contribution in [3.63, 3.8) is 0 Å². The summed E-state index contributed by atoms with van der Waals surface area (Å²) in [4.78, 5) is 38.1. The van der Waals surface area contributed by atoms with Crippen molar-refractivity contribution in [3.05, 3.63) is 64.1 Å². The van der Waals surface area contributed by atoms with Gasteiger partial charge in [-0.3, -0.25) is 19.7 Å². The van der Waals surface area contributed by atoms with Gasteiger partial charge in [0, 0.05) is 16.6 Å². The number of esters is 1. The highest BCUT2D eigenvalue weighted by molar-refractivity contribution is 9.10. The van der Waals surface area contributed by atoms with Gasteiger partial charge in [-0.1, -0.05) is 46.3 Å². The molecule has 1 fully saturated rings. The number of methoxy groups -OCH3 is 1. The molecule has 2 aliphatic heterocycles. The van der Waals surface area contributed by atoms with Gasteiger partial charge in [-0.15, -0.1) is 0 Å². The Balaban J connectivity index is 1.99. The van der Waals surface area contributed by atoms with Crippen molar-refractivity contribution in [2.45, 2.75) is 17.0 Å². The highest BCUT2D eigenvalue weighted by Crippen LogP contribution is 2.52. The number of amides is 2. The van der Waals surface area contributed by atoms with E-state index in [9.17, 15) is 22.8 Å². The largest absolute Gasteiger partial charge is 0.468 e. The first-order chi connectivity index (χ1) is 13.7. The summed E-state index contributed by atoms with van der Waals surface area (Å²) in [7, 11) is -3.09. The van der Waals surface area contributed by atoms with Crippen LogP contribution in [-0.4, -0.2) is 37.6 Å². The molecule has 10 heteroatoms. The van der Waals surface area contributed by atoms with Crippen LogP contribution in [0.5, 0.6) is 0 Å². The van der Waals surface area contributed by atoms with Gasteiger partial charge in [0.2, 0.25) is 15.9 Å². The van der Waals surface area contributed by atoms with Crippen LogP contribution in [0.1, 0.15) is 11.1 Å². The van der Waals surface area contributed by atoms with Crippen LogP contribution in [0.25, 0.3) is 0 Å². The summed E-state index contributed by atoms with van der Waals surface area (Å²) >= 11 is 3.32. The van der Waals surface area contributed by atoms with Gasteiger partial charge in [-0.25, -0.2) is 8.42 Å². The van der Waals surface area contributed by atoms with Gasteiger partial charge in [0.15, 0.2) is 11.5 Å². The van der Waals surface area contributed by atoms with Crippen molar-refractivity contribution < 1.29 is 27.5 Å². The third kappa shape index (κ3) is 2.66. The van der Waals surface area contributed by atoms with E-state index in [2.05, 4.69) is 21.2 Å². The zero-order valence-electron chi connectivity index (χ0n) is 15.1. The molecule has 2 aromatic carbocycles. The molecule has 2 aromatic rings. The third-order valence-electron chi connectivity index (χ3n) is 5.20. The normalized spacial score (nSPS) is 25.1. The molecule has 8 nitrogen and oxygen atoms in total. The topological polar surface area (TPSA) is 110 Å². The maximum atomic E-state index is 13.4. The minimum absolute atomic E-state index is 0.0795. The van der Waals surface area contributed by atoms with Gasteiger partial charge >= 0.3 is 5.97 Å². The molecule has 2 amide bonds. The van der Waals surface area contributed by atoms with Gasteiger partial charge in [-0.05, 0) is 23.8 Å². The number of nitrogens with one attached hydrogen (secondary N) is 1. The number of rotatable bonds is 3. The second-order valence-electron chi connectivity index (χ2n) is 6.68. The molecule has 0 aromatic heterocycles. The molecule has 0 saturated carbocycles. The van der Waals surface area contributed by atoms with Crippen molar-refractivity contribution in [2.75, 3.05) is 7.11 Å². The second-order valence-corrected chi connectivity index (χ2v) is 9.42. The van der Waals surface area contributed by atoms with E-state index in [-0.39, 0.29) is 17.0 Å². The Morgan fingerprint density at radius 2 is 1.83 bits per heavy atom. The van der Waals surface area contributed by atoms with Crippen LogP contribution in [0.2, 0.25) is 0 Å². The molecule has 4 rings (SSSR count). The van der Waals surface area contributed by atoms with Gasteiger partial charge in [0.1, 0.15) is 0 Å². The number of hydrogen-bond donors (Lipinski definition) is 1. The molecule has 0 aliphatic carbocycles. The first kappa shape index (κ1) is 19.7. The Labute approximate surface area is 175 Å². The zero-order valence-corrected chi connectivity index (χ0v) is 17.5. The average molecular weight is 479 g/mol. The third-order valence-corrected chi connectivity index (χ3v) is 7.64. The number of ether oxygens (including phenoxy) is 1. The number of sulfonamides is 1. The number of carbonyl (C=O) groups excluding carboxylic acids is 3. The Hall–Kier alpha value is -2.56. The molecule has 0 radical (unpaired) electrons. The van der Waals surface area contributed by atoms with Crippen LogP contribution in [0, 0.1) is 5.92 Å². The molecule has 150 valence electrons. The van der Waals surface area contributed by atoms with Gasteiger partial charge in [0.05, 0.1) is 12.0 Å². The smallest absolute Gasteiger partial charge is 0.321 e. The molecule has 2 unspecified atom stereocenters. The SMILES string of the molecule is COC(=O)C1C(=O)NC(=O)C12c1ccccc1S(=O)(=O)N2Cc1ccc(Br)cc1. The van der Waals surface area contributed by atoms with Crippen molar-refractivity contribution in [2.24, 2.45) is 5.92 Å². The lowest BCUT2D eigenvalue weighted by Crippen LogP contribution is -2.54. The molecule has 1 N–H and O–H groups in total. The summed E-state index contributed by atoms with van der Waals surface area (Å²) < 4.78 is 33.3. The Kier molecular flexibility index (Phi) is 4.60. The van der Waals surface area contributed by atoms with Crippen molar-refractivity contribution >= 4 is 43.7 Å². The number of fused-ring (bicyclic) bond motifs is 2. The van der Waals surface area contributed by atoms with E-state index in [4.69, 9.17) is 4.74 Å². The highest BCUT2D eigenvalue weighted by atomic mass is 79.9. The lowest BCUT2D eigenvalue weighted by Gasteiger charge is -2.34. The molecule has 1 saturated heterocycles. The van der Waals surface area contributed by atoms with Crippen LogP contribution in [-0.2, 0) is 41.2 Å². The predicted octanol–water partition coefficient (Wildman–Crippen LogP) is 1.29. The average Bonchev–Trinajstić information content (AvgIpc) is 3.07. The molecule has 2 heterocycles. The maximum Gasteiger partial charge on any atom is 0.321 e. The Morgan fingerprint density at radius 3 is 2.48 bits per heavy atom. The molecule has 0 bridgehead atoms. The molecular weight excluding hydrogens is 464 g/mol. The molecule has 2 aliphatic rings. The van der Waals surface area contributed by atoms with Crippen molar-refractivity contribution in [3.8, 4) is 0 Å². The van der Waals surface area contributed by atoms with E-state index < -0.39 is 39.3 Å². The number of nitrogens with zero attached hydrogens (tertiary/aromatic N) is 1. The first-order valence-corrected chi connectivity index (χ1v) is 10.8. The summed E-state index contributed by atoms with van der Waals surface area (Å²) in [5.74, 6) is -4.41. The van der Waals surface area contributed by atoms with Crippen LogP contribution in [0.15, 0.2) is 57.9 Å². The maximum absolute atomic E-state index is 13.4. The minimum Gasteiger partial charge on any atom is -0.468 e. The van der Waals surface area contributed by atoms with E-state index >= 15 is 0 Å². The predicted molar refractivity (Wildman–Crippen MR) is 104 cm³/mol. The number of carbonyl (C=O) groups is 3. The summed E-state index contributed by atoms with van der Waals surface area (Å²) in [6.07, 6.45) is 0. The lowest BCUT2D eigenvalue weighted by atomic mass is 9.79. The molecule has 29 heavy (non-hydrogen) atoms. The zero-order chi connectivity index (χ0) is 21.0. The van der Waals surface area contributed by atoms with Crippen LogP contribution >= 0.6 is 15.9 Å². The van der Waals surface area contributed by atoms with Gasteiger partial charge in [0.25, 0.3) is 5.91 Å². The summed E-state index contributed by atoms with van der Waals surface area (Å²) in [6, 6.07) is 12.7. The van der Waals surface area contributed by atoms with Crippen LogP contribution < -0.4 is 5.32 Å². The fourth-order valence-corrected chi connectivity index (χ4v) is 6.18. The van der Waals surface area contributed by atoms with Gasteiger partial charge < -0.3 is 4.74 Å². The number of hydrogen-bond acceptors (Lipinski definition) is 6. The van der Waals surface area contributed by atoms with E-state index in [0.717, 1.165) is 15.9 Å². The highest BCUT2D eigenvalue weighted by Gasteiger charge is 2.70. The summed E-state index contributed by atoms with van der Waals surface area (Å²) in [5.41, 5.74) is -1.39.